The number of nitrogens with one attached hydrogen (secondary N) is 1. The maximum Gasteiger partial charge on any atom is 0.226 e. The first-order valence-corrected chi connectivity index (χ1v) is 6.02. The molecule has 1 fully saturated rings. The Morgan fingerprint density at radius 2 is 2.38 bits per heavy atom. The fourth-order valence-electron chi connectivity index (χ4n) is 2.17. The van der Waals surface area contributed by atoms with Crippen LogP contribution in [0.2, 0.25) is 0 Å². The Kier molecular flexibility index (Phi) is 3.59. The molecule has 0 bridgehead atoms. The largest absolute Gasteiger partial charge is 0.478 e. The first-order valence-electron chi connectivity index (χ1n) is 6.02. The van der Waals surface area contributed by atoms with Gasteiger partial charge in [-0.15, -0.1) is 0 Å². The Morgan fingerprint density at radius 1 is 1.50 bits per heavy atom. The fraction of sp³-hybridized carbons (Fsp3) is 0.667. The van der Waals surface area contributed by atoms with Crippen LogP contribution in [-0.2, 0) is 0 Å². The Hall–Kier alpha value is -1.32. The quantitative estimate of drug-likeness (QED) is 0.848. The van der Waals surface area contributed by atoms with Crippen molar-refractivity contribution in [3.63, 3.8) is 0 Å². The number of rotatable bonds is 4. The molecule has 0 aromatic carbocycles. The Balaban J connectivity index is 2.00. The van der Waals surface area contributed by atoms with Crippen LogP contribution in [0, 0.1) is 5.92 Å². The minimum absolute atomic E-state index is 0.511. The van der Waals surface area contributed by atoms with Gasteiger partial charge in [-0.05, 0) is 25.7 Å². The number of anilines is 1. The van der Waals surface area contributed by atoms with E-state index >= 15 is 0 Å². The molecule has 0 saturated heterocycles. The lowest BCUT2D eigenvalue weighted by atomic mass is 10.1. The van der Waals surface area contributed by atoms with Crippen molar-refractivity contribution < 1.29 is 4.74 Å². The van der Waals surface area contributed by atoms with Gasteiger partial charge in [-0.1, -0.05) is 13.3 Å². The van der Waals surface area contributed by atoms with Crippen LogP contribution in [0.3, 0.4) is 0 Å². The van der Waals surface area contributed by atoms with Crippen molar-refractivity contribution in [2.75, 3.05) is 11.9 Å². The zero-order valence-corrected chi connectivity index (χ0v) is 9.94. The highest BCUT2D eigenvalue weighted by molar-refractivity contribution is 5.29. The summed E-state index contributed by atoms with van der Waals surface area (Å²) in [7, 11) is 0. The zero-order chi connectivity index (χ0) is 11.4. The van der Waals surface area contributed by atoms with Gasteiger partial charge in [0.15, 0.2) is 0 Å². The van der Waals surface area contributed by atoms with E-state index in [4.69, 9.17) is 4.74 Å². The molecule has 2 rings (SSSR count). The molecule has 0 spiro atoms. The van der Waals surface area contributed by atoms with E-state index in [1.54, 1.807) is 12.3 Å². The standard InChI is InChI=1S/C12H19N3O/c1-3-16-11-7-8-13-12(15-11)14-10-6-4-5-9(10)2/h7-10H,3-6H2,1-2H3,(H,13,14,15). The van der Waals surface area contributed by atoms with E-state index in [2.05, 4.69) is 22.2 Å². The predicted molar refractivity (Wildman–Crippen MR) is 63.6 cm³/mol. The number of hydrogen-bond donors (Lipinski definition) is 1. The summed E-state index contributed by atoms with van der Waals surface area (Å²) in [5.74, 6) is 2.04. The van der Waals surface area contributed by atoms with E-state index < -0.39 is 0 Å². The van der Waals surface area contributed by atoms with Gasteiger partial charge in [0.1, 0.15) is 0 Å². The molecule has 2 atom stereocenters. The molecule has 1 heterocycles. The average molecular weight is 221 g/mol. The zero-order valence-electron chi connectivity index (χ0n) is 9.94. The molecule has 0 amide bonds. The van der Waals surface area contributed by atoms with E-state index in [0.717, 1.165) is 0 Å². The predicted octanol–water partition coefficient (Wildman–Crippen LogP) is 2.48. The van der Waals surface area contributed by atoms with E-state index in [0.29, 0.717) is 30.4 Å². The number of hydrogen-bond acceptors (Lipinski definition) is 4. The van der Waals surface area contributed by atoms with Gasteiger partial charge in [0.25, 0.3) is 0 Å². The molecule has 1 aromatic heterocycles. The van der Waals surface area contributed by atoms with Crippen LogP contribution >= 0.6 is 0 Å². The van der Waals surface area contributed by atoms with Crippen LogP contribution in [0.15, 0.2) is 12.3 Å². The number of aromatic nitrogens is 2. The number of nitrogens with zero attached hydrogens (tertiary/aromatic N) is 2. The van der Waals surface area contributed by atoms with Crippen LogP contribution in [0.1, 0.15) is 33.1 Å². The first kappa shape index (κ1) is 11.2. The summed E-state index contributed by atoms with van der Waals surface area (Å²) in [5.41, 5.74) is 0. The van der Waals surface area contributed by atoms with E-state index in [9.17, 15) is 0 Å². The lowest BCUT2D eigenvalue weighted by Gasteiger charge is -2.17. The van der Waals surface area contributed by atoms with E-state index in [1.165, 1.54) is 19.3 Å². The second kappa shape index (κ2) is 5.14. The van der Waals surface area contributed by atoms with Crippen molar-refractivity contribution in [2.24, 2.45) is 5.92 Å². The van der Waals surface area contributed by atoms with Gasteiger partial charge in [-0.2, -0.15) is 4.98 Å². The van der Waals surface area contributed by atoms with Gasteiger partial charge < -0.3 is 10.1 Å². The second-order valence-corrected chi connectivity index (χ2v) is 4.31. The third kappa shape index (κ3) is 2.62. The Morgan fingerprint density at radius 3 is 3.06 bits per heavy atom. The van der Waals surface area contributed by atoms with Crippen LogP contribution in [0.4, 0.5) is 5.95 Å². The molecule has 88 valence electrons. The number of ether oxygens (including phenoxy) is 1. The highest BCUT2D eigenvalue weighted by Gasteiger charge is 2.23. The van der Waals surface area contributed by atoms with Gasteiger partial charge in [-0.25, -0.2) is 4.98 Å². The first-order chi connectivity index (χ1) is 7.79. The topological polar surface area (TPSA) is 47.0 Å². The van der Waals surface area contributed by atoms with Gasteiger partial charge in [0, 0.05) is 18.3 Å². The summed E-state index contributed by atoms with van der Waals surface area (Å²) in [6.07, 6.45) is 5.54. The van der Waals surface area contributed by atoms with Gasteiger partial charge in [-0.3, -0.25) is 0 Å². The highest BCUT2D eigenvalue weighted by Crippen LogP contribution is 2.27. The van der Waals surface area contributed by atoms with Gasteiger partial charge >= 0.3 is 0 Å². The van der Waals surface area contributed by atoms with Gasteiger partial charge in [0.05, 0.1) is 6.61 Å². The molecule has 0 radical (unpaired) electrons. The third-order valence-corrected chi connectivity index (χ3v) is 3.10. The molecule has 1 aliphatic carbocycles. The van der Waals surface area contributed by atoms with Crippen molar-refractivity contribution in [1.82, 2.24) is 9.97 Å². The molecule has 4 nitrogen and oxygen atoms in total. The van der Waals surface area contributed by atoms with Crippen molar-refractivity contribution in [2.45, 2.75) is 39.2 Å². The molecular formula is C12H19N3O. The van der Waals surface area contributed by atoms with Gasteiger partial charge in [0.2, 0.25) is 11.8 Å². The fourth-order valence-corrected chi connectivity index (χ4v) is 2.17. The Bertz CT molecular complexity index is 343. The van der Waals surface area contributed by atoms with Crippen LogP contribution < -0.4 is 10.1 Å². The smallest absolute Gasteiger partial charge is 0.226 e. The average Bonchev–Trinajstić information content (AvgIpc) is 2.66. The molecular weight excluding hydrogens is 202 g/mol. The molecule has 1 aromatic rings. The molecule has 1 N–H and O–H groups in total. The lowest BCUT2D eigenvalue weighted by molar-refractivity contribution is 0.326. The molecule has 1 aliphatic rings. The summed E-state index contributed by atoms with van der Waals surface area (Å²) in [4.78, 5) is 8.53. The minimum Gasteiger partial charge on any atom is -0.478 e. The van der Waals surface area contributed by atoms with Crippen molar-refractivity contribution >= 4 is 5.95 Å². The maximum atomic E-state index is 5.35. The van der Waals surface area contributed by atoms with Crippen molar-refractivity contribution in [3.05, 3.63) is 12.3 Å². The van der Waals surface area contributed by atoms with E-state index in [-0.39, 0.29) is 0 Å². The van der Waals surface area contributed by atoms with Crippen LogP contribution in [0.5, 0.6) is 5.88 Å². The second-order valence-electron chi connectivity index (χ2n) is 4.31. The monoisotopic (exact) mass is 221 g/mol. The molecule has 0 aliphatic heterocycles. The summed E-state index contributed by atoms with van der Waals surface area (Å²) >= 11 is 0. The Labute approximate surface area is 96.4 Å². The van der Waals surface area contributed by atoms with Crippen LogP contribution in [-0.4, -0.2) is 22.6 Å². The van der Waals surface area contributed by atoms with Crippen molar-refractivity contribution in [1.29, 1.82) is 0 Å². The molecule has 1 saturated carbocycles. The summed E-state index contributed by atoms with van der Waals surface area (Å²) in [5, 5.41) is 3.39. The molecule has 16 heavy (non-hydrogen) atoms. The summed E-state index contributed by atoms with van der Waals surface area (Å²) in [6.45, 7) is 4.86. The third-order valence-electron chi connectivity index (χ3n) is 3.10. The molecule has 4 heteroatoms. The normalized spacial score (nSPS) is 24.4. The summed E-state index contributed by atoms with van der Waals surface area (Å²) in [6, 6.07) is 2.30. The highest BCUT2D eigenvalue weighted by atomic mass is 16.5. The maximum absolute atomic E-state index is 5.35. The summed E-state index contributed by atoms with van der Waals surface area (Å²) < 4.78 is 5.35. The SMILES string of the molecule is CCOc1ccnc(NC2CCCC2C)n1. The van der Waals surface area contributed by atoms with Crippen LogP contribution in [0.25, 0.3) is 0 Å². The molecule has 2 unspecified atom stereocenters. The van der Waals surface area contributed by atoms with E-state index in [1.807, 2.05) is 6.92 Å². The lowest BCUT2D eigenvalue weighted by Crippen LogP contribution is -2.23. The minimum atomic E-state index is 0.511. The van der Waals surface area contributed by atoms with Crippen molar-refractivity contribution in [3.8, 4) is 5.88 Å².